The molecule has 1 unspecified atom stereocenters. The van der Waals surface area contributed by atoms with Crippen LogP contribution in [0.1, 0.15) is 25.8 Å². The Morgan fingerprint density at radius 1 is 1.20 bits per heavy atom. The van der Waals surface area contributed by atoms with Gasteiger partial charge in [-0.05, 0) is 44.2 Å². The van der Waals surface area contributed by atoms with Crippen molar-refractivity contribution in [2.24, 2.45) is 0 Å². The van der Waals surface area contributed by atoms with E-state index in [-0.39, 0.29) is 16.7 Å². The summed E-state index contributed by atoms with van der Waals surface area (Å²) >= 11 is 0. The first kappa shape index (κ1) is 17.0. The van der Waals surface area contributed by atoms with Gasteiger partial charge < -0.3 is 5.32 Å². The number of nitrogens with one attached hydrogen (secondary N) is 1. The minimum Gasteiger partial charge on any atom is -0.313 e. The number of sulfone groups is 1. The highest BCUT2D eigenvalue weighted by atomic mass is 32.2. The lowest BCUT2D eigenvalue weighted by atomic mass is 10.2. The molecule has 20 heavy (non-hydrogen) atoms. The molecule has 0 bridgehead atoms. The third-order valence-electron chi connectivity index (χ3n) is 2.75. The lowest BCUT2D eigenvalue weighted by Crippen LogP contribution is -2.33. The fourth-order valence-corrected chi connectivity index (χ4v) is 3.25. The Kier molecular flexibility index (Phi) is 5.59. The second kappa shape index (κ2) is 6.58. The average Bonchev–Trinajstić information content (AvgIpc) is 2.35. The predicted molar refractivity (Wildman–Crippen MR) is 71.3 cm³/mol. The van der Waals surface area contributed by atoms with Crippen LogP contribution in [-0.4, -0.2) is 26.8 Å². The summed E-state index contributed by atoms with van der Waals surface area (Å²) in [5.41, 5.74) is -0.853. The van der Waals surface area contributed by atoms with Gasteiger partial charge >= 0.3 is 6.18 Å². The Morgan fingerprint density at radius 3 is 2.20 bits per heavy atom. The summed E-state index contributed by atoms with van der Waals surface area (Å²) in [6, 6.07) is 3.34. The van der Waals surface area contributed by atoms with E-state index in [0.29, 0.717) is 6.54 Å². The maximum atomic E-state index is 12.4. The highest BCUT2D eigenvalue weighted by Crippen LogP contribution is 2.29. The summed E-state index contributed by atoms with van der Waals surface area (Å²) in [6.07, 6.45) is -3.58. The van der Waals surface area contributed by atoms with Crippen molar-refractivity contribution in [3.63, 3.8) is 0 Å². The van der Waals surface area contributed by atoms with E-state index < -0.39 is 21.6 Å². The van der Waals surface area contributed by atoms with Gasteiger partial charge in [0, 0.05) is 6.04 Å². The molecule has 0 aromatic heterocycles. The van der Waals surface area contributed by atoms with Gasteiger partial charge in [0.1, 0.15) is 0 Å². The van der Waals surface area contributed by atoms with Crippen LogP contribution in [0.2, 0.25) is 0 Å². The van der Waals surface area contributed by atoms with Crippen molar-refractivity contribution in [3.8, 4) is 0 Å². The van der Waals surface area contributed by atoms with Gasteiger partial charge in [0.15, 0.2) is 9.84 Å². The standard InChI is InChI=1S/C13H18F3NO2S/c1-3-8-17-10(2)9-20(18,19)12-6-4-11(5-7-12)13(14,15)16/h4-7,10,17H,3,8-9H2,1-2H3. The van der Waals surface area contributed by atoms with Gasteiger partial charge in [-0.15, -0.1) is 0 Å². The van der Waals surface area contributed by atoms with Crippen molar-refractivity contribution in [3.05, 3.63) is 29.8 Å². The summed E-state index contributed by atoms with van der Waals surface area (Å²) in [4.78, 5) is -0.0874. The SMILES string of the molecule is CCCNC(C)CS(=O)(=O)c1ccc(C(F)(F)F)cc1. The summed E-state index contributed by atoms with van der Waals surface area (Å²) in [5, 5.41) is 3.03. The average molecular weight is 309 g/mol. The maximum Gasteiger partial charge on any atom is 0.416 e. The summed E-state index contributed by atoms with van der Waals surface area (Å²) in [5.74, 6) is -0.141. The molecule has 0 amide bonds. The Labute approximate surface area is 117 Å². The minimum absolute atomic E-state index is 0.0874. The lowest BCUT2D eigenvalue weighted by molar-refractivity contribution is -0.137. The molecule has 3 nitrogen and oxygen atoms in total. The van der Waals surface area contributed by atoms with Crippen LogP contribution < -0.4 is 5.32 Å². The topological polar surface area (TPSA) is 46.2 Å². The van der Waals surface area contributed by atoms with E-state index in [1.54, 1.807) is 6.92 Å². The molecule has 1 aromatic carbocycles. The van der Waals surface area contributed by atoms with E-state index in [1.165, 1.54) is 0 Å². The number of halogens is 3. The molecule has 0 saturated heterocycles. The number of hydrogen-bond acceptors (Lipinski definition) is 3. The lowest BCUT2D eigenvalue weighted by Gasteiger charge is -2.14. The molecule has 1 aromatic rings. The molecule has 1 atom stereocenters. The van der Waals surface area contributed by atoms with Crippen LogP contribution in [0.5, 0.6) is 0 Å². The van der Waals surface area contributed by atoms with Crippen molar-refractivity contribution in [1.82, 2.24) is 5.32 Å². The zero-order valence-electron chi connectivity index (χ0n) is 11.4. The van der Waals surface area contributed by atoms with Gasteiger partial charge in [-0.3, -0.25) is 0 Å². The van der Waals surface area contributed by atoms with Crippen LogP contribution >= 0.6 is 0 Å². The van der Waals surface area contributed by atoms with Crippen molar-refractivity contribution in [2.45, 2.75) is 37.4 Å². The second-order valence-corrected chi connectivity index (χ2v) is 6.69. The smallest absolute Gasteiger partial charge is 0.313 e. The van der Waals surface area contributed by atoms with Crippen LogP contribution in [-0.2, 0) is 16.0 Å². The molecule has 0 aliphatic carbocycles. The Balaban J connectivity index is 2.83. The van der Waals surface area contributed by atoms with Crippen LogP contribution in [0.4, 0.5) is 13.2 Å². The molecule has 7 heteroatoms. The molecule has 0 saturated carbocycles. The molecule has 0 fully saturated rings. The number of hydrogen-bond donors (Lipinski definition) is 1. The van der Waals surface area contributed by atoms with E-state index in [1.807, 2.05) is 6.92 Å². The zero-order chi connectivity index (χ0) is 15.4. The summed E-state index contributed by atoms with van der Waals surface area (Å²) in [6.45, 7) is 4.39. The van der Waals surface area contributed by atoms with Gasteiger partial charge in [0.25, 0.3) is 0 Å². The normalized spacial score (nSPS) is 14.2. The van der Waals surface area contributed by atoms with Crippen molar-refractivity contribution in [2.75, 3.05) is 12.3 Å². The molecule has 1 N–H and O–H groups in total. The number of rotatable bonds is 6. The number of benzene rings is 1. The third-order valence-corrected chi connectivity index (χ3v) is 4.68. The van der Waals surface area contributed by atoms with Crippen LogP contribution in [0, 0.1) is 0 Å². The summed E-state index contributed by atoms with van der Waals surface area (Å²) in [7, 11) is -3.58. The van der Waals surface area contributed by atoms with Gasteiger partial charge in [-0.1, -0.05) is 6.92 Å². The molecule has 0 radical (unpaired) electrons. The van der Waals surface area contributed by atoms with E-state index in [2.05, 4.69) is 5.32 Å². The van der Waals surface area contributed by atoms with E-state index in [9.17, 15) is 21.6 Å². The van der Waals surface area contributed by atoms with Gasteiger partial charge in [-0.2, -0.15) is 13.2 Å². The highest BCUT2D eigenvalue weighted by molar-refractivity contribution is 7.91. The minimum atomic E-state index is -4.46. The largest absolute Gasteiger partial charge is 0.416 e. The Morgan fingerprint density at radius 2 is 1.75 bits per heavy atom. The summed E-state index contributed by atoms with van der Waals surface area (Å²) < 4.78 is 61.3. The first-order valence-electron chi connectivity index (χ1n) is 6.30. The number of alkyl halides is 3. The van der Waals surface area contributed by atoms with E-state index in [4.69, 9.17) is 0 Å². The second-order valence-electron chi connectivity index (χ2n) is 4.66. The zero-order valence-corrected chi connectivity index (χ0v) is 12.2. The van der Waals surface area contributed by atoms with E-state index >= 15 is 0 Å². The molecule has 1 rings (SSSR count). The molecule has 114 valence electrons. The molecule has 0 aliphatic rings. The third kappa shape index (κ3) is 4.79. The maximum absolute atomic E-state index is 12.4. The Bertz CT molecular complexity index is 524. The van der Waals surface area contributed by atoms with Gasteiger partial charge in [0.05, 0.1) is 16.2 Å². The van der Waals surface area contributed by atoms with Gasteiger partial charge in [0.2, 0.25) is 0 Å². The first-order chi connectivity index (χ1) is 9.16. The van der Waals surface area contributed by atoms with Crippen molar-refractivity contribution >= 4 is 9.84 Å². The van der Waals surface area contributed by atoms with E-state index in [0.717, 1.165) is 30.7 Å². The molecule has 0 spiro atoms. The van der Waals surface area contributed by atoms with Crippen molar-refractivity contribution in [1.29, 1.82) is 0 Å². The molecular formula is C13H18F3NO2S. The quantitative estimate of drug-likeness (QED) is 0.879. The fraction of sp³-hybridized carbons (Fsp3) is 0.538. The molecule has 0 aliphatic heterocycles. The van der Waals surface area contributed by atoms with Crippen LogP contribution in [0.15, 0.2) is 29.2 Å². The Hall–Kier alpha value is -1.08. The molecule has 0 heterocycles. The van der Waals surface area contributed by atoms with Crippen molar-refractivity contribution < 1.29 is 21.6 Å². The monoisotopic (exact) mass is 309 g/mol. The van der Waals surface area contributed by atoms with Crippen LogP contribution in [0.25, 0.3) is 0 Å². The van der Waals surface area contributed by atoms with Crippen LogP contribution in [0.3, 0.4) is 0 Å². The highest BCUT2D eigenvalue weighted by Gasteiger charge is 2.30. The van der Waals surface area contributed by atoms with Gasteiger partial charge in [-0.25, -0.2) is 8.42 Å². The fourth-order valence-electron chi connectivity index (χ4n) is 1.73. The molecular weight excluding hydrogens is 291 g/mol. The first-order valence-corrected chi connectivity index (χ1v) is 7.95. The predicted octanol–water partition coefficient (Wildman–Crippen LogP) is 2.87.